The minimum atomic E-state index is -0.0222. The average molecular weight is 358 g/mol. The number of rotatable bonds is 5. The van der Waals surface area contributed by atoms with Crippen molar-refractivity contribution in [2.45, 2.75) is 26.7 Å². The zero-order valence-electron chi connectivity index (χ0n) is 15.6. The van der Waals surface area contributed by atoms with E-state index in [-0.39, 0.29) is 11.8 Å². The fraction of sp³-hybridized carbons (Fsp3) is 0.217. The molecule has 0 saturated carbocycles. The molecule has 136 valence electrons. The normalized spacial score (nSPS) is 12.7. The highest BCUT2D eigenvalue weighted by Crippen LogP contribution is 2.37. The number of aryl methyl sites for hydroxylation is 1. The van der Waals surface area contributed by atoms with E-state index in [9.17, 15) is 9.59 Å². The van der Waals surface area contributed by atoms with Gasteiger partial charge in [0.05, 0.1) is 5.69 Å². The maximum Gasteiger partial charge on any atom is 0.258 e. The molecule has 0 unspecified atom stereocenters. The van der Waals surface area contributed by atoms with Crippen LogP contribution in [0.4, 0.5) is 11.4 Å². The van der Waals surface area contributed by atoms with Crippen LogP contribution in [0.25, 0.3) is 10.8 Å². The van der Waals surface area contributed by atoms with Gasteiger partial charge in [0.25, 0.3) is 5.91 Å². The lowest BCUT2D eigenvalue weighted by molar-refractivity contribution is -0.116. The standard InChI is InChI=1S/C23H22N2O2/c1-15-7-3-11-19(16(15)2)24-21(26)13-6-14-25-20-12-5-9-17-8-4-10-18(22(17)20)23(25)27/h3-5,7-12H,6,13-14H2,1-2H3,(H,24,26). The van der Waals surface area contributed by atoms with Crippen LogP contribution in [0.5, 0.6) is 0 Å². The van der Waals surface area contributed by atoms with Crippen LogP contribution in [0.2, 0.25) is 0 Å². The third-order valence-electron chi connectivity index (χ3n) is 5.31. The molecule has 1 N–H and O–H groups in total. The largest absolute Gasteiger partial charge is 0.326 e. The van der Waals surface area contributed by atoms with Gasteiger partial charge in [-0.1, -0.05) is 36.4 Å². The molecule has 0 bridgehead atoms. The molecule has 1 aliphatic heterocycles. The van der Waals surface area contributed by atoms with Gasteiger partial charge in [-0.05, 0) is 55.0 Å². The molecule has 27 heavy (non-hydrogen) atoms. The molecule has 2 amide bonds. The summed E-state index contributed by atoms with van der Waals surface area (Å²) in [4.78, 5) is 26.9. The van der Waals surface area contributed by atoms with E-state index in [1.165, 1.54) is 0 Å². The minimum absolute atomic E-state index is 0.0222. The molecule has 0 saturated heterocycles. The van der Waals surface area contributed by atoms with Gasteiger partial charge in [0, 0.05) is 29.6 Å². The lowest BCUT2D eigenvalue weighted by atomic mass is 10.1. The highest BCUT2D eigenvalue weighted by atomic mass is 16.2. The number of nitrogens with one attached hydrogen (secondary N) is 1. The van der Waals surface area contributed by atoms with E-state index in [2.05, 4.69) is 5.32 Å². The van der Waals surface area contributed by atoms with Crippen molar-refractivity contribution in [2.24, 2.45) is 0 Å². The average Bonchev–Trinajstić information content (AvgIpc) is 2.94. The second-order valence-electron chi connectivity index (χ2n) is 7.04. The van der Waals surface area contributed by atoms with Crippen molar-refractivity contribution in [1.82, 2.24) is 0 Å². The van der Waals surface area contributed by atoms with Crippen LogP contribution in [0.3, 0.4) is 0 Å². The lowest BCUT2D eigenvalue weighted by Gasteiger charge is -2.17. The molecule has 0 radical (unpaired) electrons. The molecule has 3 aromatic carbocycles. The molecular weight excluding hydrogens is 336 g/mol. The molecule has 1 aliphatic rings. The SMILES string of the molecule is Cc1cccc(NC(=O)CCCN2C(=O)c3cccc4cccc2c34)c1C. The monoisotopic (exact) mass is 358 g/mol. The van der Waals surface area contributed by atoms with E-state index < -0.39 is 0 Å². The van der Waals surface area contributed by atoms with Crippen molar-refractivity contribution in [2.75, 3.05) is 16.8 Å². The number of nitrogens with zero attached hydrogens (tertiary/aromatic N) is 1. The Morgan fingerprint density at radius 1 is 1.00 bits per heavy atom. The van der Waals surface area contributed by atoms with E-state index in [4.69, 9.17) is 0 Å². The second kappa shape index (κ2) is 6.88. The van der Waals surface area contributed by atoms with Gasteiger partial charge >= 0.3 is 0 Å². The van der Waals surface area contributed by atoms with Crippen LogP contribution in [0.1, 0.15) is 34.3 Å². The summed E-state index contributed by atoms with van der Waals surface area (Å²) in [6, 6.07) is 17.7. The van der Waals surface area contributed by atoms with Crippen LogP contribution in [0, 0.1) is 13.8 Å². The van der Waals surface area contributed by atoms with Crippen LogP contribution in [0.15, 0.2) is 54.6 Å². The van der Waals surface area contributed by atoms with Gasteiger partial charge in [-0.3, -0.25) is 9.59 Å². The van der Waals surface area contributed by atoms with Crippen LogP contribution >= 0.6 is 0 Å². The Morgan fingerprint density at radius 3 is 2.56 bits per heavy atom. The molecule has 1 heterocycles. The van der Waals surface area contributed by atoms with Crippen molar-refractivity contribution >= 4 is 34.0 Å². The third kappa shape index (κ3) is 3.08. The summed E-state index contributed by atoms with van der Waals surface area (Å²) in [5.41, 5.74) is 4.80. The molecule has 3 aromatic rings. The molecule has 4 nitrogen and oxygen atoms in total. The topological polar surface area (TPSA) is 49.4 Å². The summed E-state index contributed by atoms with van der Waals surface area (Å²) >= 11 is 0. The first-order valence-electron chi connectivity index (χ1n) is 9.26. The van der Waals surface area contributed by atoms with Crippen LogP contribution in [-0.4, -0.2) is 18.4 Å². The van der Waals surface area contributed by atoms with Gasteiger partial charge < -0.3 is 10.2 Å². The molecule has 0 fully saturated rings. The summed E-state index contributed by atoms with van der Waals surface area (Å²) in [5.74, 6) is 0.00260. The van der Waals surface area contributed by atoms with E-state index in [0.717, 1.165) is 38.8 Å². The number of carbonyl (C=O) groups is 2. The predicted molar refractivity (Wildman–Crippen MR) is 109 cm³/mol. The molecule has 0 spiro atoms. The van der Waals surface area contributed by atoms with Crippen molar-refractivity contribution in [1.29, 1.82) is 0 Å². The van der Waals surface area contributed by atoms with E-state index in [1.54, 1.807) is 4.90 Å². The summed E-state index contributed by atoms with van der Waals surface area (Å²) in [6.07, 6.45) is 0.996. The quantitative estimate of drug-likeness (QED) is 0.710. The first-order chi connectivity index (χ1) is 13.1. The molecular formula is C23H22N2O2. The Bertz CT molecular complexity index is 1050. The zero-order valence-corrected chi connectivity index (χ0v) is 15.6. The number of benzene rings is 3. The maximum absolute atomic E-state index is 12.8. The fourth-order valence-corrected chi connectivity index (χ4v) is 3.70. The molecule has 4 heteroatoms. The van der Waals surface area contributed by atoms with Gasteiger partial charge in [-0.2, -0.15) is 0 Å². The highest BCUT2D eigenvalue weighted by molar-refractivity contribution is 6.25. The number of hydrogen-bond acceptors (Lipinski definition) is 2. The van der Waals surface area contributed by atoms with Gasteiger partial charge in [0.15, 0.2) is 0 Å². The third-order valence-corrected chi connectivity index (χ3v) is 5.31. The number of hydrogen-bond donors (Lipinski definition) is 1. The molecule has 0 aromatic heterocycles. The molecule has 0 atom stereocenters. The Hall–Kier alpha value is -3.14. The van der Waals surface area contributed by atoms with Gasteiger partial charge in [-0.25, -0.2) is 0 Å². The highest BCUT2D eigenvalue weighted by Gasteiger charge is 2.28. The van der Waals surface area contributed by atoms with Crippen LogP contribution in [-0.2, 0) is 4.79 Å². The van der Waals surface area contributed by atoms with Gasteiger partial charge in [-0.15, -0.1) is 0 Å². The molecule has 4 rings (SSSR count). The summed E-state index contributed by atoms with van der Waals surface area (Å²) in [5, 5.41) is 5.08. The lowest BCUT2D eigenvalue weighted by Crippen LogP contribution is -2.28. The maximum atomic E-state index is 12.8. The van der Waals surface area contributed by atoms with Crippen molar-refractivity contribution in [3.63, 3.8) is 0 Å². The second-order valence-corrected chi connectivity index (χ2v) is 7.04. The fourth-order valence-electron chi connectivity index (χ4n) is 3.70. The molecule has 0 aliphatic carbocycles. The van der Waals surface area contributed by atoms with Crippen molar-refractivity contribution < 1.29 is 9.59 Å². The van der Waals surface area contributed by atoms with E-state index in [1.807, 2.05) is 68.4 Å². The predicted octanol–water partition coefficient (Wildman–Crippen LogP) is 4.84. The summed E-state index contributed by atoms with van der Waals surface area (Å²) in [6.45, 7) is 4.57. The van der Waals surface area contributed by atoms with Crippen molar-refractivity contribution in [3.05, 3.63) is 71.3 Å². The smallest absolute Gasteiger partial charge is 0.258 e. The first kappa shape index (κ1) is 17.3. The Labute approximate surface area is 158 Å². The van der Waals surface area contributed by atoms with Crippen LogP contribution < -0.4 is 10.2 Å². The number of carbonyl (C=O) groups excluding carboxylic acids is 2. The summed E-state index contributed by atoms with van der Waals surface area (Å²) in [7, 11) is 0. The van der Waals surface area contributed by atoms with Gasteiger partial charge in [0.1, 0.15) is 0 Å². The Balaban J connectivity index is 1.42. The number of amides is 2. The van der Waals surface area contributed by atoms with E-state index >= 15 is 0 Å². The number of anilines is 2. The van der Waals surface area contributed by atoms with Gasteiger partial charge in [0.2, 0.25) is 5.91 Å². The summed E-state index contributed by atoms with van der Waals surface area (Å²) < 4.78 is 0. The Morgan fingerprint density at radius 2 is 1.74 bits per heavy atom. The zero-order chi connectivity index (χ0) is 19.0. The van der Waals surface area contributed by atoms with E-state index in [0.29, 0.717) is 19.4 Å². The minimum Gasteiger partial charge on any atom is -0.326 e. The van der Waals surface area contributed by atoms with Crippen molar-refractivity contribution in [3.8, 4) is 0 Å². The Kier molecular flexibility index (Phi) is 4.40. The first-order valence-corrected chi connectivity index (χ1v) is 9.26.